The van der Waals surface area contributed by atoms with Crippen molar-refractivity contribution in [3.8, 4) is 0 Å². The predicted molar refractivity (Wildman–Crippen MR) is 81.5 cm³/mol. The molecule has 0 heterocycles. The zero-order chi connectivity index (χ0) is 14.5. The summed E-state index contributed by atoms with van der Waals surface area (Å²) in [6.07, 6.45) is 0. The molecule has 2 N–H and O–H groups in total. The fraction of sp³-hybridized carbons (Fsp3) is 0.188. The molecule has 2 rings (SSSR count). The molecule has 0 saturated carbocycles. The van der Waals surface area contributed by atoms with Crippen LogP contribution in [0, 0.1) is 0 Å². The molecule has 0 aromatic heterocycles. The number of carbonyl (C=O) groups is 1. The van der Waals surface area contributed by atoms with Gasteiger partial charge in [0, 0.05) is 32.0 Å². The van der Waals surface area contributed by atoms with Crippen LogP contribution in [0.2, 0.25) is 0 Å². The van der Waals surface area contributed by atoms with Gasteiger partial charge in [0.05, 0.1) is 5.56 Å². The van der Waals surface area contributed by atoms with Crippen LogP contribution in [0.3, 0.4) is 0 Å². The van der Waals surface area contributed by atoms with E-state index in [0.717, 1.165) is 5.69 Å². The third-order valence-corrected chi connectivity index (χ3v) is 3.08. The van der Waals surface area contributed by atoms with Gasteiger partial charge in [0.1, 0.15) is 0 Å². The molecule has 0 bridgehead atoms. The Labute approximate surface area is 118 Å². The summed E-state index contributed by atoms with van der Waals surface area (Å²) < 4.78 is 0. The molecule has 0 saturated heterocycles. The van der Waals surface area contributed by atoms with Crippen molar-refractivity contribution in [1.29, 1.82) is 0 Å². The fourth-order valence-corrected chi connectivity index (χ4v) is 1.85. The number of nitrogens with one attached hydrogen (secondary N) is 1. The smallest absolute Gasteiger partial charge is 0.335 e. The van der Waals surface area contributed by atoms with Gasteiger partial charge in [-0.25, -0.2) is 4.79 Å². The molecule has 20 heavy (non-hydrogen) atoms. The lowest BCUT2D eigenvalue weighted by Gasteiger charge is -2.13. The van der Waals surface area contributed by atoms with Crippen molar-refractivity contribution >= 4 is 17.3 Å². The molecule has 0 aliphatic rings. The zero-order valence-corrected chi connectivity index (χ0v) is 11.6. The summed E-state index contributed by atoms with van der Waals surface area (Å²) in [7, 11) is 4.02. The molecule has 104 valence electrons. The number of hydrogen-bond acceptors (Lipinski definition) is 3. The Morgan fingerprint density at radius 1 is 1.05 bits per heavy atom. The van der Waals surface area contributed by atoms with Crippen LogP contribution in [-0.2, 0) is 6.54 Å². The molecule has 0 aliphatic carbocycles. The Hall–Kier alpha value is -2.49. The van der Waals surface area contributed by atoms with Gasteiger partial charge < -0.3 is 15.3 Å². The molecule has 0 fully saturated rings. The van der Waals surface area contributed by atoms with Crippen molar-refractivity contribution in [2.24, 2.45) is 0 Å². The van der Waals surface area contributed by atoms with E-state index in [1.54, 1.807) is 24.3 Å². The number of carboxylic acid groups (broad SMARTS) is 1. The van der Waals surface area contributed by atoms with Crippen molar-refractivity contribution in [2.45, 2.75) is 6.54 Å². The van der Waals surface area contributed by atoms with Crippen molar-refractivity contribution in [2.75, 3.05) is 24.3 Å². The highest BCUT2D eigenvalue weighted by Gasteiger charge is 2.01. The normalized spacial score (nSPS) is 10.1. The highest BCUT2D eigenvalue weighted by atomic mass is 16.4. The monoisotopic (exact) mass is 270 g/mol. The minimum atomic E-state index is -0.907. The van der Waals surface area contributed by atoms with Crippen LogP contribution in [0.4, 0.5) is 11.4 Å². The topological polar surface area (TPSA) is 52.6 Å². The van der Waals surface area contributed by atoms with E-state index in [9.17, 15) is 4.79 Å². The Balaban J connectivity index is 1.96. The predicted octanol–water partition coefficient (Wildman–Crippen LogP) is 3.06. The molecule has 2 aromatic carbocycles. The first kappa shape index (κ1) is 13.9. The number of benzene rings is 2. The molecule has 0 unspecified atom stereocenters. The van der Waals surface area contributed by atoms with Gasteiger partial charge in [-0.05, 0) is 42.0 Å². The summed E-state index contributed by atoms with van der Waals surface area (Å²) in [5.41, 5.74) is 3.55. The summed E-state index contributed by atoms with van der Waals surface area (Å²) in [6, 6.07) is 15.0. The van der Waals surface area contributed by atoms with Gasteiger partial charge in [-0.2, -0.15) is 0 Å². The maximum atomic E-state index is 10.8. The van der Waals surface area contributed by atoms with Gasteiger partial charge in [0.25, 0.3) is 0 Å². The van der Waals surface area contributed by atoms with E-state index >= 15 is 0 Å². The van der Waals surface area contributed by atoms with E-state index in [-0.39, 0.29) is 0 Å². The van der Waals surface area contributed by atoms with E-state index in [1.165, 1.54) is 11.3 Å². The first-order chi connectivity index (χ1) is 9.56. The van der Waals surface area contributed by atoms with Crippen LogP contribution in [0.5, 0.6) is 0 Å². The summed E-state index contributed by atoms with van der Waals surface area (Å²) >= 11 is 0. The van der Waals surface area contributed by atoms with Crippen molar-refractivity contribution in [1.82, 2.24) is 0 Å². The second-order valence-corrected chi connectivity index (χ2v) is 4.80. The number of rotatable bonds is 5. The van der Waals surface area contributed by atoms with Crippen LogP contribution in [0.15, 0.2) is 48.5 Å². The minimum absolute atomic E-state index is 0.297. The lowest BCUT2D eigenvalue weighted by atomic mass is 10.2. The van der Waals surface area contributed by atoms with Gasteiger partial charge in [-0.15, -0.1) is 0 Å². The maximum absolute atomic E-state index is 10.8. The number of nitrogens with zero attached hydrogens (tertiary/aromatic N) is 1. The second-order valence-electron chi connectivity index (χ2n) is 4.80. The zero-order valence-electron chi connectivity index (χ0n) is 11.6. The lowest BCUT2D eigenvalue weighted by Crippen LogP contribution is -2.08. The average molecular weight is 270 g/mol. The van der Waals surface area contributed by atoms with Gasteiger partial charge >= 0.3 is 5.97 Å². The SMILES string of the molecule is CN(C)c1ccc(CNc2ccc(C(=O)O)cc2)cc1. The Bertz CT molecular complexity index is 574. The molecule has 4 heteroatoms. The number of aromatic carboxylic acids is 1. The van der Waals surface area contributed by atoms with Gasteiger partial charge in [0.15, 0.2) is 0 Å². The Morgan fingerprint density at radius 2 is 1.65 bits per heavy atom. The van der Waals surface area contributed by atoms with Crippen molar-refractivity contribution in [3.63, 3.8) is 0 Å². The van der Waals surface area contributed by atoms with Crippen molar-refractivity contribution < 1.29 is 9.90 Å². The molecule has 0 radical (unpaired) electrons. The van der Waals surface area contributed by atoms with Crippen LogP contribution in [-0.4, -0.2) is 25.2 Å². The minimum Gasteiger partial charge on any atom is -0.478 e. The van der Waals surface area contributed by atoms with Gasteiger partial charge in [0.2, 0.25) is 0 Å². The van der Waals surface area contributed by atoms with E-state index in [0.29, 0.717) is 12.1 Å². The first-order valence-electron chi connectivity index (χ1n) is 6.40. The molecule has 4 nitrogen and oxygen atoms in total. The summed E-state index contributed by atoms with van der Waals surface area (Å²) in [5, 5.41) is 12.1. The van der Waals surface area contributed by atoms with Crippen LogP contribution < -0.4 is 10.2 Å². The lowest BCUT2D eigenvalue weighted by molar-refractivity contribution is 0.0697. The van der Waals surface area contributed by atoms with Crippen LogP contribution in [0.25, 0.3) is 0 Å². The highest BCUT2D eigenvalue weighted by Crippen LogP contribution is 2.14. The number of hydrogen-bond donors (Lipinski definition) is 2. The first-order valence-corrected chi connectivity index (χ1v) is 6.40. The number of anilines is 2. The maximum Gasteiger partial charge on any atom is 0.335 e. The number of carboxylic acids is 1. The molecular formula is C16H18N2O2. The largest absolute Gasteiger partial charge is 0.478 e. The summed E-state index contributed by atoms with van der Waals surface area (Å²) in [6.45, 7) is 0.708. The highest BCUT2D eigenvalue weighted by molar-refractivity contribution is 5.87. The Morgan fingerprint density at radius 3 is 2.15 bits per heavy atom. The van der Waals surface area contributed by atoms with E-state index in [1.807, 2.05) is 14.1 Å². The molecule has 0 spiro atoms. The fourth-order valence-electron chi connectivity index (χ4n) is 1.85. The molecule has 0 amide bonds. The standard InChI is InChI=1S/C16H18N2O2/c1-18(2)15-9-3-12(4-10-15)11-17-14-7-5-13(6-8-14)16(19)20/h3-10,17H,11H2,1-2H3,(H,19,20). The van der Waals surface area contributed by atoms with Crippen molar-refractivity contribution in [3.05, 3.63) is 59.7 Å². The van der Waals surface area contributed by atoms with Crippen LogP contribution in [0.1, 0.15) is 15.9 Å². The third-order valence-electron chi connectivity index (χ3n) is 3.08. The van der Waals surface area contributed by atoms with E-state index in [2.05, 4.69) is 34.5 Å². The molecule has 0 atom stereocenters. The molecular weight excluding hydrogens is 252 g/mol. The summed E-state index contributed by atoms with van der Waals surface area (Å²) in [5.74, 6) is -0.907. The summed E-state index contributed by atoms with van der Waals surface area (Å²) in [4.78, 5) is 12.8. The van der Waals surface area contributed by atoms with E-state index in [4.69, 9.17) is 5.11 Å². The molecule has 2 aromatic rings. The van der Waals surface area contributed by atoms with Crippen LogP contribution >= 0.6 is 0 Å². The third kappa shape index (κ3) is 3.51. The van der Waals surface area contributed by atoms with Gasteiger partial charge in [-0.3, -0.25) is 0 Å². The quantitative estimate of drug-likeness (QED) is 0.876. The van der Waals surface area contributed by atoms with E-state index < -0.39 is 5.97 Å². The molecule has 0 aliphatic heterocycles. The second kappa shape index (κ2) is 6.10. The Kier molecular flexibility index (Phi) is 4.25. The van der Waals surface area contributed by atoms with Gasteiger partial charge in [-0.1, -0.05) is 12.1 Å². The average Bonchev–Trinajstić information content (AvgIpc) is 2.46.